The van der Waals surface area contributed by atoms with E-state index in [0.29, 0.717) is 17.9 Å². The number of nitrogens with one attached hydrogen (secondary N) is 1. The van der Waals surface area contributed by atoms with Crippen molar-refractivity contribution in [3.05, 3.63) is 41.4 Å². The van der Waals surface area contributed by atoms with Crippen molar-refractivity contribution in [2.24, 2.45) is 0 Å². The highest BCUT2D eigenvalue weighted by Gasteiger charge is 2.45. The number of nitrogens with zero attached hydrogens (tertiary/aromatic N) is 2. The topological polar surface area (TPSA) is 62.3 Å². The summed E-state index contributed by atoms with van der Waals surface area (Å²) >= 11 is 1.52. The largest absolute Gasteiger partial charge is 0.333 e. The number of fused-ring (bicyclic) bond motifs is 2. The van der Waals surface area contributed by atoms with E-state index in [4.69, 9.17) is 0 Å². The molecule has 1 aromatic carbocycles. The molecule has 2 fully saturated rings. The van der Waals surface area contributed by atoms with Gasteiger partial charge < -0.3 is 10.2 Å². The Bertz CT molecular complexity index is 732. The van der Waals surface area contributed by atoms with E-state index in [0.717, 1.165) is 17.2 Å². The molecule has 1 amide bonds. The van der Waals surface area contributed by atoms with Crippen molar-refractivity contribution < 1.29 is 9.00 Å². The molecule has 4 rings (SSSR count). The van der Waals surface area contributed by atoms with Crippen LogP contribution in [0.25, 0.3) is 0 Å². The molecule has 114 valence electrons. The van der Waals surface area contributed by atoms with Crippen molar-refractivity contribution in [2.45, 2.75) is 17.7 Å². The first-order chi connectivity index (χ1) is 10.7. The summed E-state index contributed by atoms with van der Waals surface area (Å²) in [4.78, 5) is 18.7. The summed E-state index contributed by atoms with van der Waals surface area (Å²) in [6.07, 6.45) is 2.62. The lowest BCUT2D eigenvalue weighted by Crippen LogP contribution is -2.42. The van der Waals surface area contributed by atoms with Gasteiger partial charge in [-0.05, 0) is 24.6 Å². The first-order valence-electron chi connectivity index (χ1n) is 7.15. The average Bonchev–Trinajstić information content (AvgIpc) is 3.23. The van der Waals surface area contributed by atoms with Crippen LogP contribution in [0.2, 0.25) is 0 Å². The summed E-state index contributed by atoms with van der Waals surface area (Å²) < 4.78 is 11.7. The van der Waals surface area contributed by atoms with Crippen LogP contribution >= 0.6 is 11.3 Å². The number of benzene rings is 1. The fourth-order valence-electron chi connectivity index (χ4n) is 3.10. The van der Waals surface area contributed by atoms with Gasteiger partial charge in [-0.25, -0.2) is 4.98 Å². The van der Waals surface area contributed by atoms with Gasteiger partial charge in [0, 0.05) is 52.0 Å². The van der Waals surface area contributed by atoms with Crippen LogP contribution in [0.1, 0.15) is 16.8 Å². The molecule has 2 aromatic rings. The van der Waals surface area contributed by atoms with Crippen molar-refractivity contribution in [3.8, 4) is 0 Å². The Morgan fingerprint density at radius 3 is 3.05 bits per heavy atom. The predicted molar refractivity (Wildman–Crippen MR) is 88.1 cm³/mol. The fourth-order valence-corrected chi connectivity index (χ4v) is 5.38. The normalized spacial score (nSPS) is 26.4. The molecule has 2 bridgehead atoms. The lowest BCUT2D eigenvalue weighted by Gasteiger charge is -2.26. The standard InChI is InChI=1S/C15H15N3O2S2/c19-14(18-8-13-7-12(18)9-22(13)20)10-2-1-3-11(6-10)17-15-16-4-5-21-15/h1-6,12-13H,7-9H2,(H,16,17)/t12-,13-,22?/m0/s1. The number of hydrogen-bond donors (Lipinski definition) is 1. The van der Waals surface area contributed by atoms with E-state index < -0.39 is 10.8 Å². The highest BCUT2D eigenvalue weighted by Crippen LogP contribution is 2.32. The van der Waals surface area contributed by atoms with Crippen LogP contribution in [0, 0.1) is 0 Å². The first-order valence-corrected chi connectivity index (χ1v) is 9.41. The second kappa shape index (κ2) is 5.48. The summed E-state index contributed by atoms with van der Waals surface area (Å²) in [5, 5.41) is 6.08. The number of rotatable bonds is 3. The van der Waals surface area contributed by atoms with E-state index in [2.05, 4.69) is 10.3 Å². The quantitative estimate of drug-likeness (QED) is 0.936. The number of aromatic nitrogens is 1. The lowest BCUT2D eigenvalue weighted by molar-refractivity contribution is 0.0747. The molecule has 2 saturated heterocycles. The summed E-state index contributed by atoms with van der Waals surface area (Å²) in [6, 6.07) is 7.62. The molecule has 3 atom stereocenters. The number of amides is 1. The van der Waals surface area contributed by atoms with Gasteiger partial charge in [0.05, 0.1) is 5.25 Å². The molecule has 1 unspecified atom stereocenters. The number of carbonyl (C=O) groups excluding carboxylic acids is 1. The van der Waals surface area contributed by atoms with Gasteiger partial charge in [-0.3, -0.25) is 9.00 Å². The predicted octanol–water partition coefficient (Wildman–Crippen LogP) is 2.23. The highest BCUT2D eigenvalue weighted by atomic mass is 32.2. The molecule has 0 aliphatic carbocycles. The van der Waals surface area contributed by atoms with Crippen LogP contribution in [0.5, 0.6) is 0 Å². The maximum absolute atomic E-state index is 12.7. The van der Waals surface area contributed by atoms with Gasteiger partial charge >= 0.3 is 0 Å². The van der Waals surface area contributed by atoms with Crippen LogP contribution in [-0.2, 0) is 10.8 Å². The smallest absolute Gasteiger partial charge is 0.254 e. The third kappa shape index (κ3) is 2.44. The van der Waals surface area contributed by atoms with Gasteiger partial charge in [-0.2, -0.15) is 0 Å². The third-order valence-electron chi connectivity index (χ3n) is 4.16. The van der Waals surface area contributed by atoms with Gasteiger partial charge in [0.25, 0.3) is 5.91 Å². The third-order valence-corrected chi connectivity index (χ3v) is 6.65. The second-order valence-electron chi connectivity index (χ2n) is 5.56. The Labute approximate surface area is 134 Å². The molecule has 22 heavy (non-hydrogen) atoms. The van der Waals surface area contributed by atoms with Gasteiger partial charge in [0.2, 0.25) is 0 Å². The van der Waals surface area contributed by atoms with Crippen LogP contribution in [0.4, 0.5) is 10.8 Å². The monoisotopic (exact) mass is 333 g/mol. The molecule has 0 radical (unpaired) electrons. The van der Waals surface area contributed by atoms with Crippen LogP contribution < -0.4 is 5.32 Å². The molecule has 7 heteroatoms. The molecular weight excluding hydrogens is 318 g/mol. The molecule has 2 aliphatic heterocycles. The average molecular weight is 333 g/mol. The number of likely N-dealkylation sites (tertiary alicyclic amines) is 1. The maximum Gasteiger partial charge on any atom is 0.254 e. The Morgan fingerprint density at radius 2 is 2.36 bits per heavy atom. The zero-order chi connectivity index (χ0) is 15.1. The van der Waals surface area contributed by atoms with Crippen molar-refractivity contribution in [3.63, 3.8) is 0 Å². The number of thiazole rings is 1. The van der Waals surface area contributed by atoms with Crippen molar-refractivity contribution in [2.75, 3.05) is 17.6 Å². The maximum atomic E-state index is 12.7. The Hall–Kier alpha value is -1.73. The first kappa shape index (κ1) is 13.9. The molecular formula is C15H15N3O2S2. The Balaban J connectivity index is 1.53. The zero-order valence-corrected chi connectivity index (χ0v) is 13.4. The molecule has 1 N–H and O–H groups in total. The van der Waals surface area contributed by atoms with Crippen LogP contribution in [-0.4, -0.2) is 43.6 Å². The minimum atomic E-state index is -0.744. The molecule has 0 saturated carbocycles. The molecule has 1 aromatic heterocycles. The summed E-state index contributed by atoms with van der Waals surface area (Å²) in [6.45, 7) is 0.625. The number of carbonyl (C=O) groups is 1. The van der Waals surface area contributed by atoms with Gasteiger partial charge in [-0.1, -0.05) is 6.07 Å². The Morgan fingerprint density at radius 1 is 1.45 bits per heavy atom. The zero-order valence-electron chi connectivity index (χ0n) is 11.8. The minimum Gasteiger partial charge on any atom is -0.333 e. The van der Waals surface area contributed by atoms with E-state index in [1.807, 2.05) is 34.5 Å². The van der Waals surface area contributed by atoms with Gasteiger partial charge in [0.15, 0.2) is 5.13 Å². The summed E-state index contributed by atoms with van der Waals surface area (Å²) in [5.74, 6) is 0.667. The van der Waals surface area contributed by atoms with E-state index in [9.17, 15) is 9.00 Å². The van der Waals surface area contributed by atoms with Crippen molar-refractivity contribution in [1.82, 2.24) is 9.88 Å². The van der Waals surface area contributed by atoms with E-state index in [1.165, 1.54) is 11.3 Å². The minimum absolute atomic E-state index is 0.0342. The van der Waals surface area contributed by atoms with Crippen molar-refractivity contribution >= 4 is 38.9 Å². The molecule has 2 aliphatic rings. The second-order valence-corrected chi connectivity index (χ2v) is 8.22. The van der Waals surface area contributed by atoms with Crippen LogP contribution in [0.3, 0.4) is 0 Å². The van der Waals surface area contributed by atoms with Gasteiger partial charge in [-0.15, -0.1) is 11.3 Å². The Kier molecular flexibility index (Phi) is 3.46. The summed E-state index contributed by atoms with van der Waals surface area (Å²) in [7, 11) is -0.744. The lowest BCUT2D eigenvalue weighted by atomic mass is 10.1. The van der Waals surface area contributed by atoms with E-state index >= 15 is 0 Å². The molecule has 5 nitrogen and oxygen atoms in total. The van der Waals surface area contributed by atoms with Crippen LogP contribution in [0.15, 0.2) is 35.8 Å². The fraction of sp³-hybridized carbons (Fsp3) is 0.333. The number of anilines is 2. The SMILES string of the molecule is O=C(c1cccc(Nc2nccs2)c1)N1C[C@@H]2C[C@H]1CS2=O. The summed E-state index contributed by atoms with van der Waals surface area (Å²) in [5.41, 5.74) is 1.52. The van der Waals surface area contributed by atoms with E-state index in [-0.39, 0.29) is 17.2 Å². The van der Waals surface area contributed by atoms with E-state index in [1.54, 1.807) is 6.20 Å². The number of hydrogen-bond acceptors (Lipinski definition) is 5. The van der Waals surface area contributed by atoms with Crippen molar-refractivity contribution in [1.29, 1.82) is 0 Å². The molecule has 3 heterocycles. The molecule has 0 spiro atoms. The highest BCUT2D eigenvalue weighted by molar-refractivity contribution is 7.86. The van der Waals surface area contributed by atoms with Gasteiger partial charge in [0.1, 0.15) is 0 Å².